The quantitative estimate of drug-likeness (QED) is 0.365. The molecule has 180 valence electrons. The van der Waals surface area contributed by atoms with E-state index in [1.807, 2.05) is 0 Å². The minimum absolute atomic E-state index is 0.144. The third kappa shape index (κ3) is 4.42. The van der Waals surface area contributed by atoms with Gasteiger partial charge < -0.3 is 9.63 Å². The number of hydrogen-bond donors (Lipinski definition) is 2. The minimum atomic E-state index is -6.32. The molecule has 1 unspecified atom stereocenters. The zero-order chi connectivity index (χ0) is 24.9. The molecule has 0 aliphatic heterocycles. The van der Waals surface area contributed by atoms with E-state index in [2.05, 4.69) is 15.6 Å². The number of nitrogens with zero attached hydrogens (tertiary/aromatic N) is 3. The zero-order valence-corrected chi connectivity index (χ0v) is 17.2. The summed E-state index contributed by atoms with van der Waals surface area (Å²) in [7, 11) is 2.19. The molecule has 2 N–H and O–H groups in total. The third-order valence-electron chi connectivity index (χ3n) is 4.59. The number of aliphatic hydroxyl groups is 1. The number of rotatable bonds is 5. The summed E-state index contributed by atoms with van der Waals surface area (Å²) in [6, 6.07) is 4.95. The van der Waals surface area contributed by atoms with Crippen LogP contribution in [0.25, 0.3) is 22.7 Å². The first-order chi connectivity index (χ1) is 15.1. The number of benzene rings is 1. The van der Waals surface area contributed by atoms with Crippen molar-refractivity contribution in [3.05, 3.63) is 46.1 Å². The maximum absolute atomic E-state index is 13.8. The van der Waals surface area contributed by atoms with Crippen molar-refractivity contribution in [2.45, 2.75) is 24.5 Å². The lowest BCUT2D eigenvalue weighted by molar-refractivity contribution is -0.292. The van der Waals surface area contributed by atoms with E-state index in [-0.39, 0.29) is 26.6 Å². The van der Waals surface area contributed by atoms with Gasteiger partial charge in [-0.05, 0) is 25.2 Å². The highest BCUT2D eigenvalue weighted by Crippen LogP contribution is 2.50. The lowest BCUT2D eigenvalue weighted by Gasteiger charge is -2.19. The van der Waals surface area contributed by atoms with Gasteiger partial charge in [0.2, 0.25) is 0 Å². The number of nitrogens with one attached hydrogen (secondary N) is 1. The van der Waals surface area contributed by atoms with E-state index in [0.29, 0.717) is 0 Å². The standard InChI is InChI=1S/C18H13ClF8N4O2/c1-28-15(32)8-5-7(3-4-9(8)19)11-6-10(30-33-11)13-12(17(22,23)24)14(29-31(13)2)16(20,21)18(25,26)27/h3-6,15,28,32H,1-2H3. The highest BCUT2D eigenvalue weighted by molar-refractivity contribution is 6.31. The molecule has 0 saturated heterocycles. The monoisotopic (exact) mass is 504 g/mol. The first kappa shape index (κ1) is 24.9. The fraction of sp³-hybridized carbons (Fsp3) is 0.333. The fourth-order valence-corrected chi connectivity index (χ4v) is 3.25. The zero-order valence-electron chi connectivity index (χ0n) is 16.5. The van der Waals surface area contributed by atoms with Crippen molar-refractivity contribution in [1.82, 2.24) is 20.3 Å². The van der Waals surface area contributed by atoms with Gasteiger partial charge in [0.1, 0.15) is 23.2 Å². The van der Waals surface area contributed by atoms with Gasteiger partial charge in [0.05, 0.1) is 0 Å². The summed E-state index contributed by atoms with van der Waals surface area (Å²) in [5.41, 5.74) is -6.29. The molecule has 0 amide bonds. The average Bonchev–Trinajstić information content (AvgIpc) is 3.31. The summed E-state index contributed by atoms with van der Waals surface area (Å²) in [4.78, 5) is 0. The topological polar surface area (TPSA) is 76.1 Å². The summed E-state index contributed by atoms with van der Waals surface area (Å²) in [5, 5.41) is 18.8. The lowest BCUT2D eigenvalue weighted by Crippen LogP contribution is -2.36. The van der Waals surface area contributed by atoms with Crippen molar-refractivity contribution in [3.63, 3.8) is 0 Å². The molecule has 3 aromatic rings. The van der Waals surface area contributed by atoms with Crippen LogP contribution in [0.1, 0.15) is 23.0 Å². The van der Waals surface area contributed by atoms with Crippen LogP contribution in [-0.2, 0) is 19.1 Å². The van der Waals surface area contributed by atoms with E-state index in [4.69, 9.17) is 16.1 Å². The van der Waals surface area contributed by atoms with Crippen LogP contribution in [0.2, 0.25) is 5.02 Å². The third-order valence-corrected chi connectivity index (χ3v) is 4.93. The summed E-state index contributed by atoms with van der Waals surface area (Å²) in [6.45, 7) is 0. The predicted octanol–water partition coefficient (Wildman–Crippen LogP) is 5.28. The molecule has 0 aliphatic carbocycles. The number of aryl methyl sites for hydroxylation is 1. The van der Waals surface area contributed by atoms with Crippen LogP contribution in [0, 0.1) is 0 Å². The van der Waals surface area contributed by atoms with Gasteiger partial charge >= 0.3 is 18.3 Å². The molecule has 2 aromatic heterocycles. The number of alkyl halides is 8. The van der Waals surface area contributed by atoms with E-state index < -0.39 is 47.1 Å². The molecule has 0 bridgehead atoms. The molecule has 0 aliphatic rings. The largest absolute Gasteiger partial charge is 0.459 e. The fourth-order valence-electron chi connectivity index (χ4n) is 3.03. The highest BCUT2D eigenvalue weighted by Gasteiger charge is 2.64. The Kier molecular flexibility index (Phi) is 6.23. The molecule has 1 atom stereocenters. The second-order valence-electron chi connectivity index (χ2n) is 6.77. The van der Waals surface area contributed by atoms with Gasteiger partial charge in [-0.15, -0.1) is 0 Å². The number of hydrogen-bond acceptors (Lipinski definition) is 5. The average molecular weight is 505 g/mol. The molecule has 0 saturated carbocycles. The van der Waals surface area contributed by atoms with Crippen molar-refractivity contribution < 1.29 is 44.8 Å². The van der Waals surface area contributed by atoms with Crippen molar-refractivity contribution in [2.75, 3.05) is 7.05 Å². The normalized spacial score (nSPS) is 14.1. The van der Waals surface area contributed by atoms with Crippen molar-refractivity contribution >= 4 is 11.6 Å². The minimum Gasteiger partial charge on any atom is -0.374 e. The van der Waals surface area contributed by atoms with Crippen LogP contribution in [-0.4, -0.2) is 33.3 Å². The Morgan fingerprint density at radius 3 is 2.27 bits per heavy atom. The Balaban J connectivity index is 2.17. The van der Waals surface area contributed by atoms with Crippen LogP contribution in [0.4, 0.5) is 35.1 Å². The maximum atomic E-state index is 13.8. The van der Waals surface area contributed by atoms with Crippen LogP contribution >= 0.6 is 11.6 Å². The SMILES string of the molecule is CNC(O)c1cc(-c2cc(-c3c(C(F)(F)F)c(C(F)(F)C(F)(F)F)nn3C)no2)ccc1Cl. The second-order valence-corrected chi connectivity index (χ2v) is 7.18. The van der Waals surface area contributed by atoms with Crippen LogP contribution in [0.3, 0.4) is 0 Å². The van der Waals surface area contributed by atoms with E-state index in [9.17, 15) is 40.2 Å². The van der Waals surface area contributed by atoms with Gasteiger partial charge in [0, 0.05) is 29.3 Å². The van der Waals surface area contributed by atoms with Crippen molar-refractivity contribution in [3.8, 4) is 22.7 Å². The van der Waals surface area contributed by atoms with Gasteiger partial charge in [-0.1, -0.05) is 16.8 Å². The Morgan fingerprint density at radius 1 is 1.09 bits per heavy atom. The van der Waals surface area contributed by atoms with Crippen molar-refractivity contribution in [1.29, 1.82) is 0 Å². The van der Waals surface area contributed by atoms with Crippen LogP contribution < -0.4 is 5.32 Å². The molecule has 0 spiro atoms. The van der Waals surface area contributed by atoms with Gasteiger partial charge in [-0.25, -0.2) is 0 Å². The summed E-state index contributed by atoms with van der Waals surface area (Å²) < 4.78 is 112. The van der Waals surface area contributed by atoms with Gasteiger partial charge in [-0.2, -0.15) is 40.2 Å². The molecule has 1 aromatic carbocycles. The second kappa shape index (κ2) is 8.25. The molecule has 33 heavy (non-hydrogen) atoms. The van der Waals surface area contributed by atoms with E-state index in [1.165, 1.54) is 25.2 Å². The summed E-state index contributed by atoms with van der Waals surface area (Å²) >= 11 is 5.99. The molecular formula is C18H13ClF8N4O2. The summed E-state index contributed by atoms with van der Waals surface area (Å²) in [5.74, 6) is -6.06. The molecule has 2 heterocycles. The highest BCUT2D eigenvalue weighted by atomic mass is 35.5. The summed E-state index contributed by atoms with van der Waals surface area (Å²) in [6.07, 6.45) is -13.2. The first-order valence-electron chi connectivity index (χ1n) is 8.81. The number of halogens is 9. The number of aromatic nitrogens is 3. The van der Waals surface area contributed by atoms with E-state index >= 15 is 0 Å². The van der Waals surface area contributed by atoms with E-state index in [1.54, 1.807) is 0 Å². The Labute approximate surface area is 184 Å². The van der Waals surface area contributed by atoms with E-state index in [0.717, 1.165) is 13.1 Å². The first-order valence-corrected chi connectivity index (χ1v) is 9.18. The Morgan fingerprint density at radius 2 is 1.73 bits per heavy atom. The van der Waals surface area contributed by atoms with Crippen LogP contribution in [0.5, 0.6) is 0 Å². The Bertz CT molecular complexity index is 1170. The smallest absolute Gasteiger partial charge is 0.374 e. The predicted molar refractivity (Wildman–Crippen MR) is 98.1 cm³/mol. The van der Waals surface area contributed by atoms with Gasteiger partial charge in [-0.3, -0.25) is 10.00 Å². The Hall–Kier alpha value is -2.71. The molecule has 0 fully saturated rings. The van der Waals surface area contributed by atoms with Crippen LogP contribution in [0.15, 0.2) is 28.8 Å². The number of aliphatic hydroxyl groups excluding tert-OH is 1. The molecule has 0 radical (unpaired) electrons. The molecular weight excluding hydrogens is 492 g/mol. The maximum Gasteiger partial charge on any atom is 0.459 e. The van der Waals surface area contributed by atoms with Crippen molar-refractivity contribution in [2.24, 2.45) is 7.05 Å². The lowest BCUT2D eigenvalue weighted by atomic mass is 10.0. The van der Waals surface area contributed by atoms with Gasteiger partial charge in [0.25, 0.3) is 0 Å². The molecule has 15 heteroatoms. The molecule has 6 nitrogen and oxygen atoms in total. The molecule has 3 rings (SSSR count). The van der Waals surface area contributed by atoms with Gasteiger partial charge in [0.15, 0.2) is 11.5 Å².